The minimum absolute atomic E-state index is 0. The van der Waals surface area contributed by atoms with Gasteiger partial charge in [0.2, 0.25) is 5.91 Å². The van der Waals surface area contributed by atoms with Crippen LogP contribution in [0.3, 0.4) is 0 Å². The topological polar surface area (TPSA) is 64.3 Å². The van der Waals surface area contributed by atoms with Crippen LogP contribution in [0.5, 0.6) is 5.75 Å². The van der Waals surface area contributed by atoms with E-state index in [1.807, 2.05) is 32.9 Å². The lowest BCUT2D eigenvalue weighted by Gasteiger charge is -2.16. The van der Waals surface area contributed by atoms with E-state index in [2.05, 4.69) is 11.4 Å². The molecule has 20 heavy (non-hydrogen) atoms. The number of methoxy groups -OCH3 is 1. The SMILES string of the molecule is COc1ccc(C)cc1CCNC(=O)C(C)C(C)N.Cl. The van der Waals surface area contributed by atoms with Crippen LogP contribution in [0.1, 0.15) is 25.0 Å². The van der Waals surface area contributed by atoms with E-state index >= 15 is 0 Å². The lowest BCUT2D eigenvalue weighted by atomic mass is 10.0. The van der Waals surface area contributed by atoms with Crippen molar-refractivity contribution in [3.63, 3.8) is 0 Å². The van der Waals surface area contributed by atoms with Gasteiger partial charge in [0.1, 0.15) is 5.75 Å². The summed E-state index contributed by atoms with van der Waals surface area (Å²) in [5.74, 6) is 0.695. The Kier molecular flexibility index (Phi) is 8.26. The van der Waals surface area contributed by atoms with Crippen LogP contribution in [0.15, 0.2) is 18.2 Å². The average molecular weight is 301 g/mol. The highest BCUT2D eigenvalue weighted by Crippen LogP contribution is 2.19. The zero-order valence-electron chi connectivity index (χ0n) is 12.6. The largest absolute Gasteiger partial charge is 0.496 e. The van der Waals surface area contributed by atoms with Crippen molar-refractivity contribution < 1.29 is 9.53 Å². The summed E-state index contributed by atoms with van der Waals surface area (Å²) in [5.41, 5.74) is 8.00. The highest BCUT2D eigenvalue weighted by molar-refractivity contribution is 5.85. The molecule has 5 heteroatoms. The molecule has 0 aliphatic heterocycles. The van der Waals surface area contributed by atoms with Gasteiger partial charge in [-0.3, -0.25) is 4.79 Å². The fourth-order valence-electron chi connectivity index (χ4n) is 1.82. The number of ether oxygens (including phenoxy) is 1. The third-order valence-electron chi connectivity index (χ3n) is 3.33. The number of benzene rings is 1. The maximum atomic E-state index is 11.8. The third kappa shape index (κ3) is 5.39. The number of amides is 1. The van der Waals surface area contributed by atoms with Crippen molar-refractivity contribution in [2.45, 2.75) is 33.2 Å². The molecule has 0 aliphatic carbocycles. The predicted molar refractivity (Wildman–Crippen MR) is 84.5 cm³/mol. The maximum Gasteiger partial charge on any atom is 0.224 e. The Bertz CT molecular complexity index is 436. The summed E-state index contributed by atoms with van der Waals surface area (Å²) in [6.45, 7) is 6.32. The molecule has 0 spiro atoms. The van der Waals surface area contributed by atoms with Gasteiger partial charge in [-0.2, -0.15) is 0 Å². The van der Waals surface area contributed by atoms with Crippen molar-refractivity contribution in [1.82, 2.24) is 5.32 Å². The first-order valence-corrected chi connectivity index (χ1v) is 6.62. The molecular formula is C15H25ClN2O2. The average Bonchev–Trinajstić information content (AvgIpc) is 2.37. The molecule has 114 valence electrons. The molecular weight excluding hydrogens is 276 g/mol. The van der Waals surface area contributed by atoms with Crippen molar-refractivity contribution in [2.24, 2.45) is 11.7 Å². The van der Waals surface area contributed by atoms with Crippen LogP contribution in [0, 0.1) is 12.8 Å². The fraction of sp³-hybridized carbons (Fsp3) is 0.533. The van der Waals surface area contributed by atoms with Crippen molar-refractivity contribution in [3.8, 4) is 5.75 Å². The standard InChI is InChI=1S/C15H24N2O2.ClH/c1-10-5-6-14(19-4)13(9-10)7-8-17-15(18)11(2)12(3)16;/h5-6,9,11-12H,7-8,16H2,1-4H3,(H,17,18);1H. The van der Waals surface area contributed by atoms with E-state index in [0.29, 0.717) is 6.54 Å². The van der Waals surface area contributed by atoms with Crippen molar-refractivity contribution in [2.75, 3.05) is 13.7 Å². The van der Waals surface area contributed by atoms with Crippen LogP contribution in [0.25, 0.3) is 0 Å². The normalized spacial score (nSPS) is 13.1. The van der Waals surface area contributed by atoms with Gasteiger partial charge in [-0.15, -0.1) is 12.4 Å². The van der Waals surface area contributed by atoms with E-state index in [9.17, 15) is 4.79 Å². The molecule has 1 amide bonds. The molecule has 0 saturated heterocycles. The summed E-state index contributed by atoms with van der Waals surface area (Å²) in [6, 6.07) is 5.92. The van der Waals surface area contributed by atoms with Gasteiger partial charge in [-0.25, -0.2) is 0 Å². The smallest absolute Gasteiger partial charge is 0.224 e. The second kappa shape index (κ2) is 8.82. The number of hydrogen-bond acceptors (Lipinski definition) is 3. The maximum absolute atomic E-state index is 11.8. The number of carbonyl (C=O) groups is 1. The highest BCUT2D eigenvalue weighted by atomic mass is 35.5. The Morgan fingerprint density at radius 2 is 2.05 bits per heavy atom. The molecule has 0 aromatic heterocycles. The zero-order chi connectivity index (χ0) is 14.4. The number of nitrogens with one attached hydrogen (secondary N) is 1. The van der Waals surface area contributed by atoms with Gasteiger partial charge in [0, 0.05) is 18.5 Å². The van der Waals surface area contributed by atoms with Crippen LogP contribution < -0.4 is 15.8 Å². The first-order valence-electron chi connectivity index (χ1n) is 6.62. The summed E-state index contributed by atoms with van der Waals surface area (Å²) in [6.07, 6.45) is 0.752. The number of carbonyl (C=O) groups excluding carboxylic acids is 1. The van der Waals surface area contributed by atoms with Crippen LogP contribution in [0.4, 0.5) is 0 Å². The second-order valence-corrected chi connectivity index (χ2v) is 5.00. The van der Waals surface area contributed by atoms with E-state index in [4.69, 9.17) is 10.5 Å². The predicted octanol–water partition coefficient (Wildman–Crippen LogP) is 2.07. The first kappa shape index (κ1) is 18.7. The zero-order valence-corrected chi connectivity index (χ0v) is 13.4. The minimum Gasteiger partial charge on any atom is -0.496 e. The summed E-state index contributed by atoms with van der Waals surface area (Å²) in [5, 5.41) is 2.91. The molecule has 2 atom stereocenters. The molecule has 2 unspecified atom stereocenters. The minimum atomic E-state index is -0.167. The van der Waals surface area contributed by atoms with Crippen molar-refractivity contribution in [3.05, 3.63) is 29.3 Å². The van der Waals surface area contributed by atoms with Gasteiger partial charge in [0.25, 0.3) is 0 Å². The first-order chi connectivity index (χ1) is 8.95. The second-order valence-electron chi connectivity index (χ2n) is 5.00. The highest BCUT2D eigenvalue weighted by Gasteiger charge is 2.16. The molecule has 0 radical (unpaired) electrons. The van der Waals surface area contributed by atoms with Crippen LogP contribution >= 0.6 is 12.4 Å². The van der Waals surface area contributed by atoms with Crippen molar-refractivity contribution >= 4 is 18.3 Å². The lowest BCUT2D eigenvalue weighted by Crippen LogP contribution is -2.39. The Morgan fingerprint density at radius 1 is 1.40 bits per heavy atom. The summed E-state index contributed by atoms with van der Waals surface area (Å²) < 4.78 is 5.31. The molecule has 0 saturated carbocycles. The van der Waals surface area contributed by atoms with E-state index < -0.39 is 0 Å². The monoisotopic (exact) mass is 300 g/mol. The van der Waals surface area contributed by atoms with E-state index in [0.717, 1.165) is 17.7 Å². The van der Waals surface area contributed by atoms with Crippen LogP contribution in [-0.2, 0) is 11.2 Å². The fourth-order valence-corrected chi connectivity index (χ4v) is 1.82. The third-order valence-corrected chi connectivity index (χ3v) is 3.33. The summed E-state index contributed by atoms with van der Waals surface area (Å²) in [4.78, 5) is 11.8. The molecule has 1 aromatic carbocycles. The molecule has 1 aromatic rings. The Morgan fingerprint density at radius 3 is 2.60 bits per heavy atom. The Hall–Kier alpha value is -1.26. The quantitative estimate of drug-likeness (QED) is 0.845. The van der Waals surface area contributed by atoms with Gasteiger partial charge < -0.3 is 15.8 Å². The van der Waals surface area contributed by atoms with Crippen molar-refractivity contribution in [1.29, 1.82) is 0 Å². The molecule has 0 heterocycles. The van der Waals surface area contributed by atoms with Crippen LogP contribution in [-0.4, -0.2) is 25.6 Å². The van der Waals surface area contributed by atoms with Gasteiger partial charge in [-0.05, 0) is 31.9 Å². The summed E-state index contributed by atoms with van der Waals surface area (Å²) >= 11 is 0. The van der Waals surface area contributed by atoms with E-state index in [-0.39, 0.29) is 30.3 Å². The number of rotatable bonds is 6. The molecule has 0 aliphatic rings. The number of halogens is 1. The Balaban J connectivity index is 0.00000361. The molecule has 4 nitrogen and oxygen atoms in total. The molecule has 0 bridgehead atoms. The molecule has 1 rings (SSSR count). The molecule has 0 fully saturated rings. The van der Waals surface area contributed by atoms with Gasteiger partial charge in [0.05, 0.1) is 7.11 Å². The van der Waals surface area contributed by atoms with E-state index in [1.54, 1.807) is 7.11 Å². The summed E-state index contributed by atoms with van der Waals surface area (Å²) in [7, 11) is 1.66. The van der Waals surface area contributed by atoms with Gasteiger partial charge in [0.15, 0.2) is 0 Å². The van der Waals surface area contributed by atoms with Gasteiger partial charge >= 0.3 is 0 Å². The van der Waals surface area contributed by atoms with Crippen LogP contribution in [0.2, 0.25) is 0 Å². The van der Waals surface area contributed by atoms with Gasteiger partial charge in [-0.1, -0.05) is 24.6 Å². The lowest BCUT2D eigenvalue weighted by molar-refractivity contribution is -0.124. The Labute approximate surface area is 127 Å². The number of aryl methyl sites for hydroxylation is 1. The number of hydrogen-bond donors (Lipinski definition) is 2. The number of nitrogens with two attached hydrogens (primary N) is 1. The molecule has 3 N–H and O–H groups in total. The van der Waals surface area contributed by atoms with E-state index in [1.165, 1.54) is 5.56 Å².